The number of benzene rings is 2. The summed E-state index contributed by atoms with van der Waals surface area (Å²) in [6.45, 7) is 6.60. The molecule has 0 spiro atoms. The van der Waals surface area contributed by atoms with E-state index in [1.807, 2.05) is 32.0 Å². The summed E-state index contributed by atoms with van der Waals surface area (Å²) in [7, 11) is 0. The average Bonchev–Trinajstić information content (AvgIpc) is 2.77. The van der Waals surface area contributed by atoms with Gasteiger partial charge in [-0.25, -0.2) is 9.97 Å². The van der Waals surface area contributed by atoms with Gasteiger partial charge < -0.3 is 15.5 Å². The highest BCUT2D eigenvalue weighted by Crippen LogP contribution is 2.26. The number of aryl methyl sites for hydroxylation is 2. The monoisotopic (exact) mass is 403 g/mol. The Balaban J connectivity index is 1.28. The fourth-order valence-electron chi connectivity index (χ4n) is 4.03. The van der Waals surface area contributed by atoms with Gasteiger partial charge in [0.15, 0.2) is 0 Å². The van der Waals surface area contributed by atoms with Crippen molar-refractivity contribution in [1.82, 2.24) is 15.3 Å². The molecule has 1 aliphatic rings. The van der Waals surface area contributed by atoms with Gasteiger partial charge in [0.05, 0.1) is 5.52 Å². The Morgan fingerprint density at radius 2 is 2.07 bits per heavy atom. The molecule has 4 rings (SSSR count). The van der Waals surface area contributed by atoms with E-state index >= 15 is 0 Å². The first kappa shape index (κ1) is 20.1. The van der Waals surface area contributed by atoms with Crippen LogP contribution < -0.4 is 15.5 Å². The summed E-state index contributed by atoms with van der Waals surface area (Å²) in [5.41, 5.74) is 4.78. The maximum Gasteiger partial charge on any atom is 0.242 e. The van der Waals surface area contributed by atoms with Crippen LogP contribution in [0, 0.1) is 6.92 Å². The van der Waals surface area contributed by atoms with E-state index in [-0.39, 0.29) is 11.9 Å². The van der Waals surface area contributed by atoms with Crippen LogP contribution in [0.5, 0.6) is 0 Å². The molecular weight excluding hydrogens is 374 g/mol. The molecule has 1 atom stereocenters. The van der Waals surface area contributed by atoms with E-state index < -0.39 is 0 Å². The van der Waals surface area contributed by atoms with Crippen molar-refractivity contribution in [3.05, 3.63) is 59.9 Å². The Bertz CT molecular complexity index is 1040. The maximum atomic E-state index is 12.6. The molecule has 30 heavy (non-hydrogen) atoms. The molecule has 2 aromatic carbocycles. The van der Waals surface area contributed by atoms with E-state index in [0.29, 0.717) is 12.4 Å². The second-order valence-corrected chi connectivity index (χ2v) is 7.97. The lowest BCUT2D eigenvalue weighted by atomic mass is 10.0. The molecule has 2 heterocycles. The van der Waals surface area contributed by atoms with E-state index in [1.165, 1.54) is 24.0 Å². The first-order valence-electron chi connectivity index (χ1n) is 10.7. The van der Waals surface area contributed by atoms with Crippen LogP contribution in [-0.4, -0.2) is 41.6 Å². The molecule has 1 amide bonds. The normalized spacial score (nSPS) is 14.3. The van der Waals surface area contributed by atoms with E-state index in [9.17, 15) is 4.79 Å². The van der Waals surface area contributed by atoms with Crippen LogP contribution >= 0.6 is 0 Å². The van der Waals surface area contributed by atoms with Crippen molar-refractivity contribution in [2.24, 2.45) is 0 Å². The van der Waals surface area contributed by atoms with E-state index in [4.69, 9.17) is 0 Å². The number of hydrogen-bond acceptors (Lipinski definition) is 5. The molecule has 1 unspecified atom stereocenters. The molecule has 3 aromatic rings. The predicted octanol–water partition coefficient (Wildman–Crippen LogP) is 3.70. The van der Waals surface area contributed by atoms with Crippen molar-refractivity contribution in [2.75, 3.05) is 29.9 Å². The van der Waals surface area contributed by atoms with Gasteiger partial charge in [-0.05, 0) is 56.9 Å². The van der Waals surface area contributed by atoms with Crippen LogP contribution in [0.2, 0.25) is 0 Å². The van der Waals surface area contributed by atoms with Gasteiger partial charge in [-0.15, -0.1) is 0 Å². The zero-order valence-corrected chi connectivity index (χ0v) is 17.7. The first-order chi connectivity index (χ1) is 14.6. The number of carbonyl (C=O) groups is 1. The Labute approximate surface area is 177 Å². The first-order valence-corrected chi connectivity index (χ1v) is 10.7. The summed E-state index contributed by atoms with van der Waals surface area (Å²) in [6.07, 6.45) is 4.80. The van der Waals surface area contributed by atoms with Crippen molar-refractivity contribution in [2.45, 2.75) is 39.2 Å². The van der Waals surface area contributed by atoms with Crippen molar-refractivity contribution in [3.63, 3.8) is 0 Å². The molecule has 0 aliphatic carbocycles. The minimum Gasteiger partial charge on any atom is -0.371 e. The lowest BCUT2D eigenvalue weighted by Crippen LogP contribution is -2.39. The van der Waals surface area contributed by atoms with Gasteiger partial charge in [-0.2, -0.15) is 0 Å². The fourth-order valence-corrected chi connectivity index (χ4v) is 4.03. The summed E-state index contributed by atoms with van der Waals surface area (Å²) in [4.78, 5) is 23.6. The number of amides is 1. The summed E-state index contributed by atoms with van der Waals surface area (Å²) < 4.78 is 0. The summed E-state index contributed by atoms with van der Waals surface area (Å²) in [6, 6.07) is 14.3. The SMILES string of the molecule is Cc1ccc2ncnc(NC(C)C(=O)NCCCN3CCCc4ccccc43)c2c1. The average molecular weight is 404 g/mol. The molecule has 0 saturated carbocycles. The zero-order valence-electron chi connectivity index (χ0n) is 17.7. The third-order valence-electron chi connectivity index (χ3n) is 5.65. The lowest BCUT2D eigenvalue weighted by Gasteiger charge is -2.31. The largest absolute Gasteiger partial charge is 0.371 e. The molecule has 0 radical (unpaired) electrons. The molecule has 2 N–H and O–H groups in total. The highest BCUT2D eigenvalue weighted by atomic mass is 16.2. The van der Waals surface area contributed by atoms with Crippen molar-refractivity contribution >= 4 is 28.3 Å². The number of hydrogen-bond donors (Lipinski definition) is 2. The molecule has 1 aromatic heterocycles. The Hall–Kier alpha value is -3.15. The summed E-state index contributed by atoms with van der Waals surface area (Å²) >= 11 is 0. The van der Waals surface area contributed by atoms with E-state index in [2.05, 4.69) is 49.8 Å². The number of rotatable bonds is 7. The van der Waals surface area contributed by atoms with Crippen LogP contribution in [0.25, 0.3) is 10.9 Å². The summed E-state index contributed by atoms with van der Waals surface area (Å²) in [5, 5.41) is 7.23. The molecule has 6 heteroatoms. The smallest absolute Gasteiger partial charge is 0.242 e. The number of nitrogens with one attached hydrogen (secondary N) is 2. The van der Waals surface area contributed by atoms with Gasteiger partial charge in [0.1, 0.15) is 18.2 Å². The zero-order chi connectivity index (χ0) is 20.9. The second-order valence-electron chi connectivity index (χ2n) is 7.97. The minimum atomic E-state index is -0.376. The maximum absolute atomic E-state index is 12.6. The molecule has 1 aliphatic heterocycles. The van der Waals surface area contributed by atoms with Crippen LogP contribution in [-0.2, 0) is 11.2 Å². The van der Waals surface area contributed by atoms with Crippen molar-refractivity contribution in [3.8, 4) is 0 Å². The Morgan fingerprint density at radius 3 is 2.97 bits per heavy atom. The van der Waals surface area contributed by atoms with Gasteiger partial charge in [0.2, 0.25) is 5.91 Å². The van der Waals surface area contributed by atoms with Gasteiger partial charge in [0.25, 0.3) is 0 Å². The topological polar surface area (TPSA) is 70.1 Å². The molecule has 0 fully saturated rings. The standard InChI is InChI=1S/C24H29N5O/c1-17-10-11-21-20(15-17)23(27-16-26-21)28-18(2)24(30)25-12-6-14-29-13-5-8-19-7-3-4-9-22(19)29/h3-4,7,9-11,15-16,18H,5-6,8,12-14H2,1-2H3,(H,25,30)(H,26,27,28). The van der Waals surface area contributed by atoms with E-state index in [0.717, 1.165) is 42.4 Å². The molecule has 6 nitrogen and oxygen atoms in total. The fraction of sp³-hybridized carbons (Fsp3) is 0.375. The summed E-state index contributed by atoms with van der Waals surface area (Å²) in [5.74, 6) is 0.671. The van der Waals surface area contributed by atoms with Gasteiger partial charge >= 0.3 is 0 Å². The number of fused-ring (bicyclic) bond motifs is 2. The van der Waals surface area contributed by atoms with Crippen LogP contribution in [0.4, 0.5) is 11.5 Å². The number of aromatic nitrogens is 2. The lowest BCUT2D eigenvalue weighted by molar-refractivity contribution is -0.121. The molecular formula is C24H29N5O. The van der Waals surface area contributed by atoms with E-state index in [1.54, 1.807) is 0 Å². The Kier molecular flexibility index (Phi) is 6.12. The van der Waals surface area contributed by atoms with Crippen LogP contribution in [0.3, 0.4) is 0 Å². The van der Waals surface area contributed by atoms with Gasteiger partial charge in [-0.3, -0.25) is 4.79 Å². The quantitative estimate of drug-likeness (QED) is 0.589. The third kappa shape index (κ3) is 4.53. The van der Waals surface area contributed by atoms with Gasteiger partial charge in [-0.1, -0.05) is 29.8 Å². The number of para-hydroxylation sites is 1. The van der Waals surface area contributed by atoms with Crippen LogP contribution in [0.1, 0.15) is 30.9 Å². The minimum absolute atomic E-state index is 0.0199. The molecule has 0 bridgehead atoms. The third-order valence-corrected chi connectivity index (χ3v) is 5.65. The number of anilines is 2. The second kappa shape index (κ2) is 9.11. The van der Waals surface area contributed by atoms with Crippen molar-refractivity contribution < 1.29 is 4.79 Å². The number of nitrogens with zero attached hydrogens (tertiary/aromatic N) is 3. The molecule has 156 valence electrons. The van der Waals surface area contributed by atoms with Gasteiger partial charge in [0, 0.05) is 30.7 Å². The predicted molar refractivity (Wildman–Crippen MR) is 122 cm³/mol. The number of carbonyl (C=O) groups excluding carboxylic acids is 1. The van der Waals surface area contributed by atoms with Crippen molar-refractivity contribution in [1.29, 1.82) is 0 Å². The molecule has 0 saturated heterocycles. The Morgan fingerprint density at radius 1 is 1.20 bits per heavy atom. The highest BCUT2D eigenvalue weighted by molar-refractivity contribution is 5.92. The van der Waals surface area contributed by atoms with Crippen LogP contribution in [0.15, 0.2) is 48.8 Å². The highest BCUT2D eigenvalue weighted by Gasteiger charge is 2.17.